The van der Waals surface area contributed by atoms with Crippen LogP contribution in [-0.2, 0) is 23.1 Å². The van der Waals surface area contributed by atoms with Crippen molar-refractivity contribution < 1.29 is 17.2 Å². The molecule has 0 fully saturated rings. The van der Waals surface area contributed by atoms with Crippen LogP contribution in [0.4, 0.5) is 4.39 Å². The molecular weight excluding hydrogens is 269 g/mol. The Morgan fingerprint density at radius 3 is 2.37 bits per heavy atom. The van der Waals surface area contributed by atoms with Crippen LogP contribution in [0.5, 0.6) is 0 Å². The first-order valence-electron chi connectivity index (χ1n) is 5.67. The fraction of sp³-hybridized carbons (Fsp3) is 0.231. The molecule has 1 aromatic carbocycles. The highest BCUT2D eigenvalue weighted by Crippen LogP contribution is 2.14. The number of sulfonamides is 1. The Morgan fingerprint density at radius 1 is 1.16 bits per heavy atom. The first-order valence-corrected chi connectivity index (χ1v) is 7.52. The molecule has 0 spiro atoms. The fourth-order valence-electron chi connectivity index (χ4n) is 1.66. The van der Waals surface area contributed by atoms with E-state index in [4.69, 9.17) is 4.42 Å². The molecule has 0 bridgehead atoms. The molecule has 0 aliphatic heterocycles. The summed E-state index contributed by atoms with van der Waals surface area (Å²) in [6.45, 7) is 0.336. The quantitative estimate of drug-likeness (QED) is 0.846. The van der Waals surface area contributed by atoms with E-state index in [9.17, 15) is 12.8 Å². The number of benzene rings is 1. The second-order valence-corrected chi connectivity index (χ2v) is 6.22. The van der Waals surface area contributed by atoms with Crippen LogP contribution in [0.3, 0.4) is 0 Å². The maximum Gasteiger partial charge on any atom is 0.211 e. The number of nitrogens with zero attached hydrogens (tertiary/aromatic N) is 1. The molecule has 0 radical (unpaired) electrons. The second kappa shape index (κ2) is 5.54. The molecule has 2 aromatic rings. The topological polar surface area (TPSA) is 50.5 Å². The summed E-state index contributed by atoms with van der Waals surface area (Å²) in [5, 5.41) is 0. The summed E-state index contributed by atoms with van der Waals surface area (Å²) < 4.78 is 42.7. The molecule has 2 rings (SSSR count). The van der Waals surface area contributed by atoms with Crippen molar-refractivity contribution in [3.8, 4) is 0 Å². The largest absolute Gasteiger partial charge is 0.468 e. The standard InChI is InChI=1S/C13H14FNO3S/c1-19(16,17)15(10-13-3-2-8-18-13)9-11-4-6-12(14)7-5-11/h2-8H,9-10H2,1H3. The van der Waals surface area contributed by atoms with E-state index in [1.165, 1.54) is 22.7 Å². The molecule has 0 aliphatic carbocycles. The van der Waals surface area contributed by atoms with Gasteiger partial charge < -0.3 is 4.42 Å². The molecule has 0 amide bonds. The van der Waals surface area contributed by atoms with E-state index < -0.39 is 10.0 Å². The van der Waals surface area contributed by atoms with Crippen molar-refractivity contribution in [1.29, 1.82) is 0 Å². The number of furan rings is 1. The van der Waals surface area contributed by atoms with Gasteiger partial charge in [-0.1, -0.05) is 12.1 Å². The monoisotopic (exact) mass is 283 g/mol. The smallest absolute Gasteiger partial charge is 0.211 e. The highest BCUT2D eigenvalue weighted by atomic mass is 32.2. The SMILES string of the molecule is CS(=O)(=O)N(Cc1ccc(F)cc1)Cc1ccco1. The van der Waals surface area contributed by atoms with Gasteiger partial charge in [0.05, 0.1) is 19.1 Å². The van der Waals surface area contributed by atoms with Crippen molar-refractivity contribution in [3.05, 3.63) is 59.8 Å². The molecule has 0 unspecified atom stereocenters. The normalized spacial score (nSPS) is 11.9. The van der Waals surface area contributed by atoms with Gasteiger partial charge in [0, 0.05) is 6.54 Å². The molecule has 4 nitrogen and oxygen atoms in total. The van der Waals surface area contributed by atoms with E-state index in [-0.39, 0.29) is 18.9 Å². The Labute approximate surface area is 111 Å². The lowest BCUT2D eigenvalue weighted by atomic mass is 10.2. The van der Waals surface area contributed by atoms with E-state index in [0.717, 1.165) is 11.8 Å². The van der Waals surface area contributed by atoms with Crippen LogP contribution >= 0.6 is 0 Å². The highest BCUT2D eigenvalue weighted by molar-refractivity contribution is 7.88. The van der Waals surface area contributed by atoms with Gasteiger partial charge in [0.1, 0.15) is 11.6 Å². The van der Waals surface area contributed by atoms with Gasteiger partial charge in [-0.25, -0.2) is 12.8 Å². The van der Waals surface area contributed by atoms with Gasteiger partial charge >= 0.3 is 0 Å². The minimum absolute atomic E-state index is 0.156. The van der Waals surface area contributed by atoms with E-state index in [0.29, 0.717) is 5.76 Å². The van der Waals surface area contributed by atoms with Crippen LogP contribution in [0.1, 0.15) is 11.3 Å². The van der Waals surface area contributed by atoms with Crippen LogP contribution < -0.4 is 0 Å². The molecule has 102 valence electrons. The number of hydrogen-bond donors (Lipinski definition) is 0. The summed E-state index contributed by atoms with van der Waals surface area (Å²) in [5.74, 6) is 0.216. The van der Waals surface area contributed by atoms with Crippen LogP contribution in [0, 0.1) is 5.82 Å². The lowest BCUT2D eigenvalue weighted by molar-refractivity contribution is 0.361. The minimum Gasteiger partial charge on any atom is -0.468 e. The van der Waals surface area contributed by atoms with Gasteiger partial charge in [-0.2, -0.15) is 4.31 Å². The average molecular weight is 283 g/mol. The first-order chi connectivity index (χ1) is 8.95. The Morgan fingerprint density at radius 2 is 1.84 bits per heavy atom. The summed E-state index contributed by atoms with van der Waals surface area (Å²) in [7, 11) is -3.37. The number of rotatable bonds is 5. The van der Waals surface area contributed by atoms with Crippen LogP contribution in [0.15, 0.2) is 47.1 Å². The Kier molecular flexibility index (Phi) is 4.01. The Balaban J connectivity index is 2.17. The minimum atomic E-state index is -3.37. The maximum absolute atomic E-state index is 12.8. The van der Waals surface area contributed by atoms with E-state index in [1.54, 1.807) is 24.3 Å². The van der Waals surface area contributed by atoms with Gasteiger partial charge in [0.2, 0.25) is 10.0 Å². The Bertz CT molecular complexity index is 620. The van der Waals surface area contributed by atoms with Gasteiger partial charge in [-0.3, -0.25) is 0 Å². The van der Waals surface area contributed by atoms with Crippen LogP contribution in [0.25, 0.3) is 0 Å². The highest BCUT2D eigenvalue weighted by Gasteiger charge is 2.18. The van der Waals surface area contributed by atoms with Crippen molar-refractivity contribution in [2.24, 2.45) is 0 Å². The summed E-state index contributed by atoms with van der Waals surface area (Å²) in [4.78, 5) is 0. The molecule has 0 saturated heterocycles. The van der Waals surface area contributed by atoms with E-state index >= 15 is 0 Å². The predicted octanol–water partition coefficient (Wildman–Crippen LogP) is 2.38. The van der Waals surface area contributed by atoms with Crippen LogP contribution in [-0.4, -0.2) is 19.0 Å². The zero-order valence-corrected chi connectivity index (χ0v) is 11.2. The van der Waals surface area contributed by atoms with Gasteiger partial charge in [-0.05, 0) is 29.8 Å². The molecular formula is C13H14FNO3S. The Hall–Kier alpha value is -1.66. The summed E-state index contributed by atoms with van der Waals surface area (Å²) in [6.07, 6.45) is 2.63. The van der Waals surface area contributed by atoms with Crippen molar-refractivity contribution in [1.82, 2.24) is 4.31 Å². The maximum atomic E-state index is 12.8. The molecule has 6 heteroatoms. The third-order valence-electron chi connectivity index (χ3n) is 2.65. The van der Waals surface area contributed by atoms with Crippen molar-refractivity contribution in [2.45, 2.75) is 13.1 Å². The molecule has 0 N–H and O–H groups in total. The summed E-state index contributed by atoms with van der Waals surface area (Å²) >= 11 is 0. The fourth-order valence-corrected chi connectivity index (χ4v) is 2.41. The van der Waals surface area contributed by atoms with Crippen LogP contribution in [0.2, 0.25) is 0 Å². The van der Waals surface area contributed by atoms with Gasteiger partial charge in [0.25, 0.3) is 0 Å². The van der Waals surface area contributed by atoms with Crippen molar-refractivity contribution >= 4 is 10.0 Å². The van der Waals surface area contributed by atoms with Crippen molar-refractivity contribution in [2.75, 3.05) is 6.26 Å². The third-order valence-corrected chi connectivity index (χ3v) is 3.85. The predicted molar refractivity (Wildman–Crippen MR) is 69.2 cm³/mol. The molecule has 1 aromatic heterocycles. The van der Waals surface area contributed by atoms with E-state index in [2.05, 4.69) is 0 Å². The summed E-state index contributed by atoms with van der Waals surface area (Å²) in [5.41, 5.74) is 0.721. The zero-order chi connectivity index (χ0) is 13.9. The average Bonchev–Trinajstić information content (AvgIpc) is 2.83. The summed E-state index contributed by atoms with van der Waals surface area (Å²) in [6, 6.07) is 9.16. The lowest BCUT2D eigenvalue weighted by Gasteiger charge is -2.18. The molecule has 0 atom stereocenters. The number of halogens is 1. The molecule has 0 aliphatic rings. The van der Waals surface area contributed by atoms with E-state index in [1.807, 2.05) is 0 Å². The van der Waals surface area contributed by atoms with Crippen molar-refractivity contribution in [3.63, 3.8) is 0 Å². The number of hydrogen-bond acceptors (Lipinski definition) is 3. The zero-order valence-electron chi connectivity index (χ0n) is 10.4. The molecule has 0 saturated carbocycles. The lowest BCUT2D eigenvalue weighted by Crippen LogP contribution is -2.28. The molecule has 1 heterocycles. The van der Waals surface area contributed by atoms with Gasteiger partial charge in [0.15, 0.2) is 0 Å². The van der Waals surface area contributed by atoms with Gasteiger partial charge in [-0.15, -0.1) is 0 Å². The molecule has 19 heavy (non-hydrogen) atoms. The third kappa shape index (κ3) is 3.90. The first kappa shape index (κ1) is 13.8. The second-order valence-electron chi connectivity index (χ2n) is 4.24.